The second-order valence-corrected chi connectivity index (χ2v) is 4.99. The Bertz CT molecular complexity index is 551. The third kappa shape index (κ3) is 3.45. The Morgan fingerprint density at radius 3 is 2.40 bits per heavy atom. The number of carboxylic acid groups (broad SMARTS) is 1. The van der Waals surface area contributed by atoms with Gasteiger partial charge in [0.2, 0.25) is 0 Å². The van der Waals surface area contributed by atoms with Gasteiger partial charge in [-0.2, -0.15) is 0 Å². The molecule has 0 aliphatic heterocycles. The van der Waals surface area contributed by atoms with Crippen molar-refractivity contribution in [2.24, 2.45) is 0 Å². The van der Waals surface area contributed by atoms with E-state index in [1.165, 1.54) is 6.92 Å². The molecule has 1 aromatic rings. The van der Waals surface area contributed by atoms with Gasteiger partial charge >= 0.3 is 5.97 Å². The van der Waals surface area contributed by atoms with Crippen LogP contribution in [0.5, 0.6) is 0 Å². The molecule has 0 radical (unpaired) electrons. The highest BCUT2D eigenvalue weighted by Crippen LogP contribution is 2.21. The fraction of sp³-hybridized carbons (Fsp3) is 0.385. The van der Waals surface area contributed by atoms with Crippen molar-refractivity contribution in [2.75, 3.05) is 0 Å². The Kier molecular flexibility index (Phi) is 5.05. The molecule has 4 nitrogen and oxygen atoms in total. The van der Waals surface area contributed by atoms with Crippen LogP contribution in [0.4, 0.5) is 8.78 Å². The molecular formula is C13H14ClF2NO3. The molecule has 1 rings (SSSR count). The van der Waals surface area contributed by atoms with E-state index in [2.05, 4.69) is 5.32 Å². The van der Waals surface area contributed by atoms with Crippen LogP contribution in [-0.2, 0) is 4.79 Å². The molecule has 1 amide bonds. The Labute approximate surface area is 119 Å². The van der Waals surface area contributed by atoms with Crippen molar-refractivity contribution in [1.82, 2.24) is 5.32 Å². The van der Waals surface area contributed by atoms with Gasteiger partial charge in [0.15, 0.2) is 11.6 Å². The summed E-state index contributed by atoms with van der Waals surface area (Å²) in [6.07, 6.45) is 0.712. The number of nitrogens with one attached hydrogen (secondary N) is 1. The van der Waals surface area contributed by atoms with Crippen molar-refractivity contribution >= 4 is 23.5 Å². The lowest BCUT2D eigenvalue weighted by molar-refractivity contribution is -0.144. The number of carboxylic acids is 1. The lowest BCUT2D eigenvalue weighted by Gasteiger charge is -2.26. The fourth-order valence-corrected chi connectivity index (χ4v) is 1.97. The van der Waals surface area contributed by atoms with Gasteiger partial charge in [-0.15, -0.1) is 0 Å². The SMILES string of the molecule is CCCC(C)(NC(=O)c1cc(F)c(F)cc1Cl)C(=O)O. The van der Waals surface area contributed by atoms with Crippen molar-refractivity contribution in [3.8, 4) is 0 Å². The standard InChI is InChI=1S/C13H14ClF2NO3/c1-3-4-13(2,12(19)20)17-11(18)7-5-9(15)10(16)6-8(7)14/h5-6H,3-4H2,1-2H3,(H,17,18)(H,19,20). The minimum absolute atomic E-state index is 0.190. The van der Waals surface area contributed by atoms with Crippen molar-refractivity contribution in [3.63, 3.8) is 0 Å². The molecule has 0 aliphatic rings. The van der Waals surface area contributed by atoms with Crippen molar-refractivity contribution in [2.45, 2.75) is 32.2 Å². The largest absolute Gasteiger partial charge is 0.480 e. The molecule has 0 heterocycles. The van der Waals surface area contributed by atoms with Crippen LogP contribution in [-0.4, -0.2) is 22.5 Å². The summed E-state index contributed by atoms with van der Waals surface area (Å²) < 4.78 is 26.1. The maximum atomic E-state index is 13.1. The molecule has 110 valence electrons. The van der Waals surface area contributed by atoms with Crippen LogP contribution in [0.2, 0.25) is 5.02 Å². The summed E-state index contributed by atoms with van der Waals surface area (Å²) in [4.78, 5) is 23.2. The van der Waals surface area contributed by atoms with Gasteiger partial charge in [0.1, 0.15) is 5.54 Å². The Morgan fingerprint density at radius 1 is 1.35 bits per heavy atom. The zero-order valence-corrected chi connectivity index (χ0v) is 11.7. The van der Waals surface area contributed by atoms with Crippen LogP contribution in [0.3, 0.4) is 0 Å². The summed E-state index contributed by atoms with van der Waals surface area (Å²) in [6, 6.07) is 1.31. The topological polar surface area (TPSA) is 66.4 Å². The molecule has 2 N–H and O–H groups in total. The molecule has 20 heavy (non-hydrogen) atoms. The highest BCUT2D eigenvalue weighted by molar-refractivity contribution is 6.33. The highest BCUT2D eigenvalue weighted by atomic mass is 35.5. The number of rotatable bonds is 5. The summed E-state index contributed by atoms with van der Waals surface area (Å²) in [5, 5.41) is 11.1. The quantitative estimate of drug-likeness (QED) is 0.822. The number of carbonyl (C=O) groups excluding carboxylic acids is 1. The number of amides is 1. The van der Waals surface area contributed by atoms with E-state index < -0.39 is 29.0 Å². The van der Waals surface area contributed by atoms with E-state index in [0.717, 1.165) is 0 Å². The number of hydrogen-bond donors (Lipinski definition) is 2. The number of halogens is 3. The minimum atomic E-state index is -1.50. The highest BCUT2D eigenvalue weighted by Gasteiger charge is 2.34. The molecule has 1 aromatic carbocycles. The van der Waals surface area contributed by atoms with Crippen LogP contribution in [0.25, 0.3) is 0 Å². The minimum Gasteiger partial charge on any atom is -0.480 e. The monoisotopic (exact) mass is 305 g/mol. The van der Waals surface area contributed by atoms with E-state index in [1.807, 2.05) is 0 Å². The van der Waals surface area contributed by atoms with Crippen molar-refractivity contribution < 1.29 is 23.5 Å². The first-order chi connectivity index (χ1) is 9.21. The lowest BCUT2D eigenvalue weighted by Crippen LogP contribution is -2.52. The van der Waals surface area contributed by atoms with E-state index in [0.29, 0.717) is 18.6 Å². The van der Waals surface area contributed by atoms with E-state index in [1.54, 1.807) is 6.92 Å². The summed E-state index contributed by atoms with van der Waals surface area (Å²) in [5.74, 6) is -4.49. The van der Waals surface area contributed by atoms with Gasteiger partial charge in [0.25, 0.3) is 5.91 Å². The van der Waals surface area contributed by atoms with Gasteiger partial charge in [-0.05, 0) is 25.5 Å². The predicted molar refractivity (Wildman–Crippen MR) is 69.8 cm³/mol. The molecule has 0 fully saturated rings. The maximum absolute atomic E-state index is 13.1. The molecule has 7 heteroatoms. The van der Waals surface area contributed by atoms with Gasteiger partial charge in [0.05, 0.1) is 10.6 Å². The third-order valence-electron chi connectivity index (χ3n) is 2.87. The smallest absolute Gasteiger partial charge is 0.329 e. The molecule has 1 unspecified atom stereocenters. The van der Waals surface area contributed by atoms with Crippen LogP contribution in [0, 0.1) is 11.6 Å². The molecule has 0 bridgehead atoms. The Hall–Kier alpha value is -1.69. The molecule has 0 saturated heterocycles. The third-order valence-corrected chi connectivity index (χ3v) is 3.18. The van der Waals surface area contributed by atoms with Gasteiger partial charge in [0, 0.05) is 0 Å². The molecule has 1 atom stereocenters. The lowest BCUT2D eigenvalue weighted by atomic mass is 9.95. The van der Waals surface area contributed by atoms with Gasteiger partial charge < -0.3 is 10.4 Å². The van der Waals surface area contributed by atoms with E-state index >= 15 is 0 Å². The van der Waals surface area contributed by atoms with Crippen LogP contribution >= 0.6 is 11.6 Å². The van der Waals surface area contributed by atoms with E-state index in [-0.39, 0.29) is 17.0 Å². The number of hydrogen-bond acceptors (Lipinski definition) is 2. The van der Waals surface area contributed by atoms with Crippen LogP contribution in [0.15, 0.2) is 12.1 Å². The van der Waals surface area contributed by atoms with E-state index in [9.17, 15) is 18.4 Å². The average molecular weight is 306 g/mol. The Morgan fingerprint density at radius 2 is 1.90 bits per heavy atom. The first kappa shape index (κ1) is 16.4. The molecular weight excluding hydrogens is 292 g/mol. The number of aliphatic carboxylic acids is 1. The maximum Gasteiger partial charge on any atom is 0.329 e. The molecule has 0 aliphatic carbocycles. The summed E-state index contributed by atoms with van der Waals surface area (Å²) in [6.45, 7) is 3.10. The predicted octanol–water partition coefficient (Wildman–Crippen LogP) is 2.99. The molecule has 0 saturated carbocycles. The fourth-order valence-electron chi connectivity index (χ4n) is 1.74. The van der Waals surface area contributed by atoms with Crippen molar-refractivity contribution in [3.05, 3.63) is 34.4 Å². The summed E-state index contributed by atoms with van der Waals surface area (Å²) >= 11 is 5.67. The number of carbonyl (C=O) groups is 2. The van der Waals surface area contributed by atoms with Gasteiger partial charge in [-0.25, -0.2) is 13.6 Å². The van der Waals surface area contributed by atoms with Crippen LogP contribution in [0.1, 0.15) is 37.0 Å². The molecule has 0 aromatic heterocycles. The molecule has 0 spiro atoms. The number of benzene rings is 1. The summed E-state index contributed by atoms with van der Waals surface area (Å²) in [7, 11) is 0. The second-order valence-electron chi connectivity index (χ2n) is 4.59. The van der Waals surface area contributed by atoms with Gasteiger partial charge in [-0.3, -0.25) is 4.79 Å². The summed E-state index contributed by atoms with van der Waals surface area (Å²) in [5.41, 5.74) is -1.81. The zero-order valence-electron chi connectivity index (χ0n) is 11.0. The van der Waals surface area contributed by atoms with Gasteiger partial charge in [-0.1, -0.05) is 24.9 Å². The second kappa shape index (κ2) is 6.17. The normalized spacial score (nSPS) is 13.7. The van der Waals surface area contributed by atoms with Crippen molar-refractivity contribution in [1.29, 1.82) is 0 Å². The van der Waals surface area contributed by atoms with E-state index in [4.69, 9.17) is 16.7 Å². The van der Waals surface area contributed by atoms with Crippen LogP contribution < -0.4 is 5.32 Å². The first-order valence-electron chi connectivity index (χ1n) is 5.91. The zero-order chi connectivity index (χ0) is 15.5. The average Bonchev–Trinajstić information content (AvgIpc) is 2.33. The Balaban J connectivity index is 3.07. The first-order valence-corrected chi connectivity index (χ1v) is 6.29.